The van der Waals surface area contributed by atoms with Crippen LogP contribution in [0.5, 0.6) is 5.75 Å². The van der Waals surface area contributed by atoms with E-state index >= 15 is 0 Å². The van der Waals surface area contributed by atoms with Crippen molar-refractivity contribution in [2.24, 2.45) is 0 Å². The zero-order valence-electron chi connectivity index (χ0n) is 11.3. The highest BCUT2D eigenvalue weighted by Gasteiger charge is 2.42. The van der Waals surface area contributed by atoms with Crippen LogP contribution in [0.25, 0.3) is 0 Å². The predicted octanol–water partition coefficient (Wildman–Crippen LogP) is 2.25. The van der Waals surface area contributed by atoms with Gasteiger partial charge in [-0.3, -0.25) is 10.1 Å². The molecule has 11 heteroatoms. The van der Waals surface area contributed by atoms with Gasteiger partial charge in [-0.25, -0.2) is 9.18 Å². The molecule has 0 radical (unpaired) electrons. The second-order valence-electron chi connectivity index (χ2n) is 4.78. The Hall–Kier alpha value is -2.43. The number of nitrogens with one attached hydrogen (secondary N) is 1. The standard InChI is InChI=1S/C12H10F4N2O5/c13-6-1-2-9(18(20)21)10(3-6)22-8-4-7(5-8)17-23-11(19)12(14,15)16/h1-3,7-8,17H,4-5H2. The van der Waals surface area contributed by atoms with E-state index in [2.05, 4.69) is 4.84 Å². The van der Waals surface area contributed by atoms with Crippen LogP contribution in [0, 0.1) is 15.9 Å². The van der Waals surface area contributed by atoms with Gasteiger partial charge in [-0.1, -0.05) is 0 Å². The third-order valence-electron chi connectivity index (χ3n) is 3.06. The molecule has 1 aromatic carbocycles. The summed E-state index contributed by atoms with van der Waals surface area (Å²) in [6.07, 6.45) is -5.40. The molecule has 0 heterocycles. The molecular weight excluding hydrogens is 328 g/mol. The first-order chi connectivity index (χ1) is 10.7. The number of nitrogens with zero attached hydrogens (tertiary/aromatic N) is 1. The molecule has 0 bridgehead atoms. The summed E-state index contributed by atoms with van der Waals surface area (Å²) in [6.45, 7) is 0. The minimum Gasteiger partial charge on any atom is -0.483 e. The molecule has 7 nitrogen and oxygen atoms in total. The number of ether oxygens (including phenoxy) is 1. The molecule has 0 unspecified atom stereocenters. The number of hydroxylamine groups is 1. The molecule has 23 heavy (non-hydrogen) atoms. The Morgan fingerprint density at radius 1 is 1.35 bits per heavy atom. The van der Waals surface area contributed by atoms with Crippen molar-refractivity contribution in [3.63, 3.8) is 0 Å². The van der Waals surface area contributed by atoms with Gasteiger partial charge in [0.1, 0.15) is 11.9 Å². The van der Waals surface area contributed by atoms with Crippen LogP contribution in [-0.2, 0) is 9.63 Å². The Balaban J connectivity index is 1.84. The summed E-state index contributed by atoms with van der Waals surface area (Å²) >= 11 is 0. The zero-order chi connectivity index (χ0) is 17.2. The van der Waals surface area contributed by atoms with E-state index in [0.717, 1.165) is 18.2 Å². The van der Waals surface area contributed by atoms with Crippen LogP contribution in [-0.4, -0.2) is 29.2 Å². The summed E-state index contributed by atoms with van der Waals surface area (Å²) in [6, 6.07) is 2.12. The van der Waals surface area contributed by atoms with Gasteiger partial charge in [-0.2, -0.15) is 13.2 Å². The van der Waals surface area contributed by atoms with Crippen molar-refractivity contribution in [3.8, 4) is 5.75 Å². The number of alkyl halides is 3. The van der Waals surface area contributed by atoms with Crippen LogP contribution in [0.4, 0.5) is 23.2 Å². The fourth-order valence-electron chi connectivity index (χ4n) is 1.87. The SMILES string of the molecule is O=C(ONC1CC(Oc2cc(F)ccc2[N+](=O)[O-])C1)C(F)(F)F. The van der Waals surface area contributed by atoms with Crippen molar-refractivity contribution in [1.29, 1.82) is 0 Å². The van der Waals surface area contributed by atoms with E-state index in [1.807, 2.05) is 5.48 Å². The summed E-state index contributed by atoms with van der Waals surface area (Å²) in [7, 11) is 0. The van der Waals surface area contributed by atoms with E-state index in [-0.39, 0.29) is 18.6 Å². The summed E-state index contributed by atoms with van der Waals surface area (Å²) in [4.78, 5) is 24.4. The number of carbonyl (C=O) groups is 1. The van der Waals surface area contributed by atoms with Gasteiger partial charge < -0.3 is 9.57 Å². The van der Waals surface area contributed by atoms with Crippen LogP contribution in [0.3, 0.4) is 0 Å². The Kier molecular flexibility index (Phi) is 4.68. The highest BCUT2D eigenvalue weighted by Crippen LogP contribution is 2.33. The number of hydrogen-bond donors (Lipinski definition) is 1. The van der Waals surface area contributed by atoms with Gasteiger partial charge in [0.05, 0.1) is 11.0 Å². The van der Waals surface area contributed by atoms with Crippen LogP contribution >= 0.6 is 0 Å². The van der Waals surface area contributed by atoms with Gasteiger partial charge in [-0.15, -0.1) is 5.48 Å². The molecule has 0 saturated heterocycles. The molecular formula is C12H10F4N2O5. The molecule has 1 N–H and O–H groups in total. The lowest BCUT2D eigenvalue weighted by Crippen LogP contribution is -2.48. The molecule has 0 aromatic heterocycles. The largest absolute Gasteiger partial charge is 0.492 e. The van der Waals surface area contributed by atoms with E-state index in [4.69, 9.17) is 4.74 Å². The topological polar surface area (TPSA) is 90.7 Å². The molecule has 0 atom stereocenters. The lowest BCUT2D eigenvalue weighted by atomic mass is 9.90. The average Bonchev–Trinajstić information content (AvgIpc) is 2.39. The number of rotatable bonds is 5. The smallest absolute Gasteiger partial charge is 0.483 e. The Bertz CT molecular complexity index is 616. The summed E-state index contributed by atoms with van der Waals surface area (Å²) in [5.74, 6) is -3.37. The molecule has 1 fully saturated rings. The van der Waals surface area contributed by atoms with Crippen LogP contribution in [0.15, 0.2) is 18.2 Å². The van der Waals surface area contributed by atoms with Crippen molar-refractivity contribution >= 4 is 11.7 Å². The van der Waals surface area contributed by atoms with Crippen LogP contribution in [0.1, 0.15) is 12.8 Å². The van der Waals surface area contributed by atoms with E-state index < -0.39 is 40.7 Å². The van der Waals surface area contributed by atoms with Gasteiger partial charge >= 0.3 is 17.8 Å². The Labute approximate surface area is 126 Å². The molecule has 0 amide bonds. The number of halogens is 4. The molecule has 0 spiro atoms. The van der Waals surface area contributed by atoms with Gasteiger partial charge in [0.15, 0.2) is 5.75 Å². The van der Waals surface area contributed by atoms with Crippen molar-refractivity contribution in [1.82, 2.24) is 5.48 Å². The summed E-state index contributed by atoms with van der Waals surface area (Å²) in [5.41, 5.74) is 1.51. The molecule has 0 aliphatic heterocycles. The quantitative estimate of drug-likeness (QED) is 0.503. The number of benzene rings is 1. The lowest BCUT2D eigenvalue weighted by Gasteiger charge is -2.34. The first-order valence-electron chi connectivity index (χ1n) is 6.31. The maximum absolute atomic E-state index is 13.1. The van der Waals surface area contributed by atoms with E-state index in [0.29, 0.717) is 0 Å². The third kappa shape index (κ3) is 4.28. The number of nitro groups is 1. The first kappa shape index (κ1) is 16.9. The number of carbonyl (C=O) groups excluding carboxylic acids is 1. The Morgan fingerprint density at radius 2 is 2.00 bits per heavy atom. The number of hydrogen-bond acceptors (Lipinski definition) is 6. The second-order valence-corrected chi connectivity index (χ2v) is 4.78. The zero-order valence-corrected chi connectivity index (χ0v) is 11.3. The molecule has 1 aliphatic carbocycles. The van der Waals surface area contributed by atoms with E-state index in [9.17, 15) is 32.5 Å². The normalized spacial score (nSPS) is 20.5. The predicted molar refractivity (Wildman–Crippen MR) is 65.8 cm³/mol. The van der Waals surface area contributed by atoms with Crippen molar-refractivity contribution in [3.05, 3.63) is 34.1 Å². The van der Waals surface area contributed by atoms with Crippen LogP contribution < -0.4 is 10.2 Å². The Morgan fingerprint density at radius 3 is 2.57 bits per heavy atom. The minimum absolute atomic E-state index is 0.138. The van der Waals surface area contributed by atoms with Crippen molar-refractivity contribution < 1.29 is 36.9 Å². The highest BCUT2D eigenvalue weighted by molar-refractivity contribution is 5.75. The maximum atomic E-state index is 13.1. The van der Waals surface area contributed by atoms with Crippen LogP contribution in [0.2, 0.25) is 0 Å². The van der Waals surface area contributed by atoms with Gasteiger partial charge in [0.25, 0.3) is 0 Å². The molecule has 1 aromatic rings. The highest BCUT2D eigenvalue weighted by atomic mass is 19.4. The van der Waals surface area contributed by atoms with E-state index in [1.54, 1.807) is 0 Å². The van der Waals surface area contributed by atoms with Gasteiger partial charge in [0, 0.05) is 25.0 Å². The van der Waals surface area contributed by atoms with Gasteiger partial charge in [-0.05, 0) is 6.07 Å². The average molecular weight is 338 g/mol. The summed E-state index contributed by atoms with van der Waals surface area (Å²) in [5, 5.41) is 10.8. The monoisotopic (exact) mass is 338 g/mol. The fourth-order valence-corrected chi connectivity index (χ4v) is 1.87. The first-order valence-corrected chi connectivity index (χ1v) is 6.31. The van der Waals surface area contributed by atoms with Gasteiger partial charge in [0.2, 0.25) is 0 Å². The molecule has 1 saturated carbocycles. The minimum atomic E-state index is -5.10. The van der Waals surface area contributed by atoms with E-state index in [1.165, 1.54) is 0 Å². The lowest BCUT2D eigenvalue weighted by molar-refractivity contribution is -0.386. The fraction of sp³-hybridized carbons (Fsp3) is 0.417. The third-order valence-corrected chi connectivity index (χ3v) is 3.06. The van der Waals surface area contributed by atoms with Crippen molar-refractivity contribution in [2.75, 3.05) is 0 Å². The second kappa shape index (κ2) is 6.36. The number of nitro benzene ring substituents is 1. The molecule has 126 valence electrons. The molecule has 2 rings (SSSR count). The maximum Gasteiger partial charge on any atom is 0.492 e. The summed E-state index contributed by atoms with van der Waals surface area (Å²) < 4.78 is 54.1. The van der Waals surface area contributed by atoms with Crippen molar-refractivity contribution in [2.45, 2.75) is 31.2 Å². The molecule has 1 aliphatic rings.